The van der Waals surface area contributed by atoms with Crippen molar-refractivity contribution in [3.8, 4) is 0 Å². The average Bonchev–Trinajstić information content (AvgIpc) is 3.05. The van der Waals surface area contributed by atoms with Crippen molar-refractivity contribution in [3.05, 3.63) is 21.3 Å². The molecule has 2 rings (SSSR count). The Balaban J connectivity index is 1.98. The van der Waals surface area contributed by atoms with Crippen molar-refractivity contribution in [1.29, 1.82) is 0 Å². The molecular weight excluding hydrogens is 276 g/mol. The number of halogens is 1. The average molecular weight is 301 g/mol. The predicted molar refractivity (Wildman–Crippen MR) is 85.2 cm³/mol. The molecule has 1 fully saturated rings. The third kappa shape index (κ3) is 4.45. The molecule has 108 valence electrons. The molecule has 1 saturated heterocycles. The highest BCUT2D eigenvalue weighted by molar-refractivity contribution is 7.16. The first kappa shape index (κ1) is 15.3. The predicted octanol–water partition coefficient (Wildman–Crippen LogP) is 4.32. The monoisotopic (exact) mass is 300 g/mol. The van der Waals surface area contributed by atoms with Gasteiger partial charge in [-0.1, -0.05) is 24.9 Å². The lowest BCUT2D eigenvalue weighted by atomic mass is 10.1. The third-order valence-corrected chi connectivity index (χ3v) is 5.37. The number of rotatable bonds is 7. The van der Waals surface area contributed by atoms with E-state index in [1.807, 2.05) is 6.07 Å². The Kier molecular flexibility index (Phi) is 6.14. The van der Waals surface area contributed by atoms with E-state index in [1.54, 1.807) is 11.3 Å². The van der Waals surface area contributed by atoms with Crippen molar-refractivity contribution in [1.82, 2.24) is 10.2 Å². The fourth-order valence-electron chi connectivity index (χ4n) is 2.73. The topological polar surface area (TPSA) is 15.3 Å². The van der Waals surface area contributed by atoms with Gasteiger partial charge in [-0.05, 0) is 51.4 Å². The van der Waals surface area contributed by atoms with Gasteiger partial charge in [0.25, 0.3) is 0 Å². The second-order valence-electron chi connectivity index (χ2n) is 5.46. The summed E-state index contributed by atoms with van der Waals surface area (Å²) in [5.74, 6) is 0. The van der Waals surface area contributed by atoms with Gasteiger partial charge < -0.3 is 5.32 Å². The Morgan fingerprint density at radius 3 is 2.95 bits per heavy atom. The Labute approximate surface area is 126 Å². The standard InChI is InChI=1S/C15H25ClN2S/c1-3-4-10-18(11-13-6-5-9-17-13)12(2)14-7-8-15(16)19-14/h7-8,12-13,17H,3-6,9-11H2,1-2H3. The lowest BCUT2D eigenvalue weighted by Gasteiger charge is -2.31. The first-order valence-corrected chi connectivity index (χ1v) is 8.62. The molecule has 0 aliphatic carbocycles. The molecule has 1 N–H and O–H groups in total. The number of hydrogen-bond acceptors (Lipinski definition) is 3. The number of unbranched alkanes of at least 4 members (excludes halogenated alkanes) is 1. The molecule has 1 aliphatic heterocycles. The van der Waals surface area contributed by atoms with Gasteiger partial charge in [-0.3, -0.25) is 4.90 Å². The van der Waals surface area contributed by atoms with Gasteiger partial charge in [-0.25, -0.2) is 0 Å². The molecule has 4 heteroatoms. The van der Waals surface area contributed by atoms with Crippen LogP contribution in [0, 0.1) is 0 Å². The molecule has 0 bridgehead atoms. The van der Waals surface area contributed by atoms with Crippen molar-refractivity contribution in [2.75, 3.05) is 19.6 Å². The zero-order valence-electron chi connectivity index (χ0n) is 12.0. The van der Waals surface area contributed by atoms with Crippen LogP contribution in [0.1, 0.15) is 50.4 Å². The van der Waals surface area contributed by atoms with Crippen molar-refractivity contribution in [2.45, 2.75) is 51.6 Å². The highest BCUT2D eigenvalue weighted by Crippen LogP contribution is 2.30. The van der Waals surface area contributed by atoms with E-state index in [2.05, 4.69) is 30.1 Å². The quantitative estimate of drug-likeness (QED) is 0.807. The van der Waals surface area contributed by atoms with E-state index in [0.29, 0.717) is 12.1 Å². The van der Waals surface area contributed by atoms with Gasteiger partial charge in [0.1, 0.15) is 0 Å². The maximum Gasteiger partial charge on any atom is 0.0931 e. The molecule has 1 aromatic heterocycles. The Bertz CT molecular complexity index is 374. The van der Waals surface area contributed by atoms with Crippen LogP contribution >= 0.6 is 22.9 Å². The summed E-state index contributed by atoms with van der Waals surface area (Å²) in [5, 5.41) is 3.61. The van der Waals surface area contributed by atoms with Gasteiger partial charge in [-0.15, -0.1) is 11.3 Å². The minimum atomic E-state index is 0.478. The van der Waals surface area contributed by atoms with Gasteiger partial charge >= 0.3 is 0 Å². The van der Waals surface area contributed by atoms with E-state index in [1.165, 1.54) is 43.6 Å². The van der Waals surface area contributed by atoms with Gasteiger partial charge in [0.2, 0.25) is 0 Å². The van der Waals surface area contributed by atoms with Crippen LogP contribution in [0.4, 0.5) is 0 Å². The van der Waals surface area contributed by atoms with Crippen LogP contribution < -0.4 is 5.32 Å². The summed E-state index contributed by atoms with van der Waals surface area (Å²) >= 11 is 7.79. The van der Waals surface area contributed by atoms with E-state index in [-0.39, 0.29) is 0 Å². The molecular formula is C15H25ClN2S. The van der Waals surface area contributed by atoms with Crippen molar-refractivity contribution >= 4 is 22.9 Å². The maximum atomic E-state index is 6.07. The maximum absolute atomic E-state index is 6.07. The Morgan fingerprint density at radius 1 is 1.53 bits per heavy atom. The molecule has 2 unspecified atom stereocenters. The van der Waals surface area contributed by atoms with E-state index < -0.39 is 0 Å². The smallest absolute Gasteiger partial charge is 0.0931 e. The third-order valence-electron chi connectivity index (χ3n) is 3.97. The van der Waals surface area contributed by atoms with E-state index >= 15 is 0 Å². The lowest BCUT2D eigenvalue weighted by molar-refractivity contribution is 0.192. The molecule has 2 atom stereocenters. The fourth-order valence-corrected chi connectivity index (χ4v) is 3.88. The van der Waals surface area contributed by atoms with Crippen molar-refractivity contribution in [3.63, 3.8) is 0 Å². The van der Waals surface area contributed by atoms with Gasteiger partial charge in [0, 0.05) is 23.5 Å². The first-order chi connectivity index (χ1) is 9.20. The molecule has 1 aromatic rings. The minimum Gasteiger partial charge on any atom is -0.313 e. The number of nitrogens with zero attached hydrogens (tertiary/aromatic N) is 1. The minimum absolute atomic E-state index is 0.478. The number of nitrogens with one attached hydrogen (secondary N) is 1. The van der Waals surface area contributed by atoms with Crippen LogP contribution in [-0.4, -0.2) is 30.6 Å². The second-order valence-corrected chi connectivity index (χ2v) is 7.21. The summed E-state index contributed by atoms with van der Waals surface area (Å²) in [4.78, 5) is 4.01. The number of hydrogen-bond donors (Lipinski definition) is 1. The fraction of sp³-hybridized carbons (Fsp3) is 0.733. The van der Waals surface area contributed by atoms with Crippen LogP contribution in [0.15, 0.2) is 12.1 Å². The second kappa shape index (κ2) is 7.63. The highest BCUT2D eigenvalue weighted by atomic mass is 35.5. The van der Waals surface area contributed by atoms with Crippen LogP contribution in [0.2, 0.25) is 4.34 Å². The summed E-state index contributed by atoms with van der Waals surface area (Å²) in [6, 6.07) is 5.35. The van der Waals surface area contributed by atoms with Crippen LogP contribution in [0.3, 0.4) is 0 Å². The number of thiophene rings is 1. The van der Waals surface area contributed by atoms with Gasteiger partial charge in [0.15, 0.2) is 0 Å². The molecule has 19 heavy (non-hydrogen) atoms. The molecule has 0 aromatic carbocycles. The largest absolute Gasteiger partial charge is 0.313 e. The molecule has 0 radical (unpaired) electrons. The van der Waals surface area contributed by atoms with Crippen LogP contribution in [-0.2, 0) is 0 Å². The van der Waals surface area contributed by atoms with Crippen LogP contribution in [0.25, 0.3) is 0 Å². The highest BCUT2D eigenvalue weighted by Gasteiger charge is 2.22. The summed E-state index contributed by atoms with van der Waals surface area (Å²) in [7, 11) is 0. The zero-order chi connectivity index (χ0) is 13.7. The molecule has 0 saturated carbocycles. The molecule has 1 aliphatic rings. The Morgan fingerprint density at radius 2 is 2.37 bits per heavy atom. The van der Waals surface area contributed by atoms with Gasteiger partial charge in [-0.2, -0.15) is 0 Å². The van der Waals surface area contributed by atoms with Crippen molar-refractivity contribution < 1.29 is 0 Å². The summed E-state index contributed by atoms with van der Waals surface area (Å²) in [5.41, 5.74) is 0. The summed E-state index contributed by atoms with van der Waals surface area (Å²) in [6.07, 6.45) is 5.18. The SMILES string of the molecule is CCCCN(CC1CCCN1)C(C)c1ccc(Cl)s1. The molecule has 0 amide bonds. The molecule has 0 spiro atoms. The zero-order valence-corrected chi connectivity index (χ0v) is 13.6. The first-order valence-electron chi connectivity index (χ1n) is 7.43. The van der Waals surface area contributed by atoms with E-state index in [4.69, 9.17) is 11.6 Å². The normalized spacial score (nSPS) is 21.2. The molecule has 2 heterocycles. The van der Waals surface area contributed by atoms with Crippen LogP contribution in [0.5, 0.6) is 0 Å². The Hall–Kier alpha value is -0.0900. The van der Waals surface area contributed by atoms with Crippen molar-refractivity contribution in [2.24, 2.45) is 0 Å². The van der Waals surface area contributed by atoms with E-state index in [9.17, 15) is 0 Å². The summed E-state index contributed by atoms with van der Waals surface area (Å²) < 4.78 is 0.899. The van der Waals surface area contributed by atoms with Gasteiger partial charge in [0.05, 0.1) is 4.34 Å². The lowest BCUT2D eigenvalue weighted by Crippen LogP contribution is -2.39. The van der Waals surface area contributed by atoms with E-state index in [0.717, 1.165) is 10.9 Å². The summed E-state index contributed by atoms with van der Waals surface area (Å²) in [6.45, 7) is 8.11. The molecule has 2 nitrogen and oxygen atoms in total.